The zero-order chi connectivity index (χ0) is 12.3. The van der Waals surface area contributed by atoms with E-state index in [4.69, 9.17) is 0 Å². The molecule has 0 aliphatic rings. The standard InChI is InChI=1S/C12H17N5/c1-4-13-12(11-6-8-17(3)16-11)10-5-7-14-9(2)15-10/h5-8,12-13H,4H2,1-3H3. The summed E-state index contributed by atoms with van der Waals surface area (Å²) in [5.41, 5.74) is 1.94. The van der Waals surface area contributed by atoms with Gasteiger partial charge in [0.2, 0.25) is 0 Å². The number of hydrogen-bond acceptors (Lipinski definition) is 4. The summed E-state index contributed by atoms with van der Waals surface area (Å²) in [5, 5.41) is 7.82. The second kappa shape index (κ2) is 5.05. The van der Waals surface area contributed by atoms with Gasteiger partial charge in [0.15, 0.2) is 0 Å². The highest BCUT2D eigenvalue weighted by Crippen LogP contribution is 2.17. The van der Waals surface area contributed by atoms with E-state index in [2.05, 4.69) is 27.3 Å². The lowest BCUT2D eigenvalue weighted by Crippen LogP contribution is -2.24. The summed E-state index contributed by atoms with van der Waals surface area (Å²) in [7, 11) is 1.91. The minimum absolute atomic E-state index is 0.0305. The van der Waals surface area contributed by atoms with Crippen LogP contribution in [0, 0.1) is 6.92 Å². The molecule has 90 valence electrons. The second-order valence-corrected chi connectivity index (χ2v) is 3.93. The fourth-order valence-electron chi connectivity index (χ4n) is 1.79. The van der Waals surface area contributed by atoms with Gasteiger partial charge in [-0.25, -0.2) is 9.97 Å². The molecule has 0 bridgehead atoms. The third kappa shape index (κ3) is 2.68. The summed E-state index contributed by atoms with van der Waals surface area (Å²) in [6.07, 6.45) is 3.72. The molecule has 0 radical (unpaired) electrons. The van der Waals surface area contributed by atoms with E-state index in [0.29, 0.717) is 0 Å². The molecule has 17 heavy (non-hydrogen) atoms. The van der Waals surface area contributed by atoms with Crippen molar-refractivity contribution in [2.75, 3.05) is 6.54 Å². The Morgan fingerprint density at radius 2 is 2.18 bits per heavy atom. The molecule has 0 aliphatic carbocycles. The molecule has 0 amide bonds. The van der Waals surface area contributed by atoms with Crippen LogP contribution in [0.4, 0.5) is 0 Å². The minimum Gasteiger partial charge on any atom is -0.304 e. The van der Waals surface area contributed by atoms with Gasteiger partial charge < -0.3 is 5.32 Å². The Morgan fingerprint density at radius 1 is 1.35 bits per heavy atom. The lowest BCUT2D eigenvalue weighted by atomic mass is 10.1. The maximum Gasteiger partial charge on any atom is 0.125 e. The molecule has 2 heterocycles. The Morgan fingerprint density at radius 3 is 2.76 bits per heavy atom. The topological polar surface area (TPSA) is 55.6 Å². The van der Waals surface area contributed by atoms with E-state index >= 15 is 0 Å². The number of nitrogens with one attached hydrogen (secondary N) is 1. The minimum atomic E-state index is 0.0305. The summed E-state index contributed by atoms with van der Waals surface area (Å²) in [5.74, 6) is 0.779. The highest BCUT2D eigenvalue weighted by Gasteiger charge is 2.16. The van der Waals surface area contributed by atoms with E-state index < -0.39 is 0 Å². The van der Waals surface area contributed by atoms with Gasteiger partial charge in [-0.15, -0.1) is 0 Å². The lowest BCUT2D eigenvalue weighted by molar-refractivity contribution is 0.584. The first-order valence-corrected chi connectivity index (χ1v) is 5.73. The molecular weight excluding hydrogens is 214 g/mol. The molecule has 5 heteroatoms. The van der Waals surface area contributed by atoms with Crippen LogP contribution in [-0.4, -0.2) is 26.3 Å². The van der Waals surface area contributed by atoms with Crippen LogP contribution in [0.15, 0.2) is 24.5 Å². The van der Waals surface area contributed by atoms with E-state index in [9.17, 15) is 0 Å². The molecule has 2 aromatic rings. The van der Waals surface area contributed by atoms with Crippen LogP contribution >= 0.6 is 0 Å². The van der Waals surface area contributed by atoms with E-state index in [1.807, 2.05) is 32.3 Å². The fourth-order valence-corrected chi connectivity index (χ4v) is 1.79. The van der Waals surface area contributed by atoms with E-state index in [1.54, 1.807) is 10.9 Å². The van der Waals surface area contributed by atoms with Gasteiger partial charge in [-0.05, 0) is 25.6 Å². The van der Waals surface area contributed by atoms with Crippen molar-refractivity contribution in [3.05, 3.63) is 41.7 Å². The first-order valence-electron chi connectivity index (χ1n) is 5.73. The van der Waals surface area contributed by atoms with Gasteiger partial charge in [0, 0.05) is 19.4 Å². The van der Waals surface area contributed by atoms with E-state index in [1.165, 1.54) is 0 Å². The van der Waals surface area contributed by atoms with Gasteiger partial charge in [0.25, 0.3) is 0 Å². The van der Waals surface area contributed by atoms with Gasteiger partial charge >= 0.3 is 0 Å². The smallest absolute Gasteiger partial charge is 0.125 e. The Bertz CT molecular complexity index is 491. The molecule has 0 fully saturated rings. The fraction of sp³-hybridized carbons (Fsp3) is 0.417. The normalized spacial score (nSPS) is 12.6. The molecule has 1 N–H and O–H groups in total. The number of aromatic nitrogens is 4. The van der Waals surface area contributed by atoms with Crippen molar-refractivity contribution >= 4 is 0 Å². The Balaban J connectivity index is 2.35. The van der Waals surface area contributed by atoms with Crippen LogP contribution < -0.4 is 5.32 Å². The molecule has 0 aromatic carbocycles. The quantitative estimate of drug-likeness (QED) is 0.859. The third-order valence-corrected chi connectivity index (χ3v) is 2.53. The van der Waals surface area contributed by atoms with Crippen molar-refractivity contribution in [1.82, 2.24) is 25.1 Å². The van der Waals surface area contributed by atoms with Crippen LogP contribution in [-0.2, 0) is 7.05 Å². The molecule has 2 aromatic heterocycles. The summed E-state index contributed by atoms with van der Waals surface area (Å²) in [6, 6.07) is 3.96. The maximum atomic E-state index is 4.45. The van der Waals surface area contributed by atoms with Gasteiger partial charge in [-0.2, -0.15) is 5.10 Å². The van der Waals surface area contributed by atoms with E-state index in [0.717, 1.165) is 23.8 Å². The number of rotatable bonds is 4. The molecule has 0 aliphatic heterocycles. The van der Waals surface area contributed by atoms with Crippen LogP contribution in [0.3, 0.4) is 0 Å². The highest BCUT2D eigenvalue weighted by molar-refractivity contribution is 5.20. The first kappa shape index (κ1) is 11.7. The Labute approximate surface area is 101 Å². The molecule has 5 nitrogen and oxygen atoms in total. The zero-order valence-corrected chi connectivity index (χ0v) is 10.4. The number of hydrogen-bond donors (Lipinski definition) is 1. The van der Waals surface area contributed by atoms with Crippen LogP contribution in [0.5, 0.6) is 0 Å². The largest absolute Gasteiger partial charge is 0.304 e. The van der Waals surface area contributed by atoms with Crippen molar-refractivity contribution in [2.45, 2.75) is 19.9 Å². The average molecular weight is 231 g/mol. The summed E-state index contributed by atoms with van der Waals surface area (Å²) < 4.78 is 1.80. The van der Waals surface area contributed by atoms with Crippen molar-refractivity contribution in [3.8, 4) is 0 Å². The van der Waals surface area contributed by atoms with Gasteiger partial charge in [0.05, 0.1) is 17.4 Å². The van der Waals surface area contributed by atoms with Gasteiger partial charge in [-0.1, -0.05) is 6.92 Å². The summed E-state index contributed by atoms with van der Waals surface area (Å²) >= 11 is 0. The van der Waals surface area contributed by atoms with Crippen LogP contribution in [0.25, 0.3) is 0 Å². The first-order chi connectivity index (χ1) is 8.20. The third-order valence-electron chi connectivity index (χ3n) is 2.53. The lowest BCUT2D eigenvalue weighted by Gasteiger charge is -2.15. The van der Waals surface area contributed by atoms with Gasteiger partial charge in [0.1, 0.15) is 5.82 Å². The molecule has 1 atom stereocenters. The van der Waals surface area contributed by atoms with Crippen LogP contribution in [0.1, 0.15) is 30.2 Å². The predicted molar refractivity (Wildman–Crippen MR) is 65.5 cm³/mol. The molecule has 0 spiro atoms. The molecule has 0 saturated heterocycles. The van der Waals surface area contributed by atoms with Crippen molar-refractivity contribution < 1.29 is 0 Å². The van der Waals surface area contributed by atoms with Crippen molar-refractivity contribution in [3.63, 3.8) is 0 Å². The number of aryl methyl sites for hydroxylation is 2. The molecule has 0 saturated carbocycles. The Kier molecular flexibility index (Phi) is 3.49. The highest BCUT2D eigenvalue weighted by atomic mass is 15.3. The van der Waals surface area contributed by atoms with Crippen molar-refractivity contribution in [1.29, 1.82) is 0 Å². The average Bonchev–Trinajstić information content (AvgIpc) is 2.72. The Hall–Kier alpha value is -1.75. The van der Waals surface area contributed by atoms with Crippen molar-refractivity contribution in [2.24, 2.45) is 7.05 Å². The predicted octanol–water partition coefficient (Wildman–Crippen LogP) is 1.22. The maximum absolute atomic E-state index is 4.45. The summed E-state index contributed by atoms with van der Waals surface area (Å²) in [6.45, 7) is 4.83. The van der Waals surface area contributed by atoms with E-state index in [-0.39, 0.29) is 6.04 Å². The number of nitrogens with zero attached hydrogens (tertiary/aromatic N) is 4. The molecular formula is C12H17N5. The van der Waals surface area contributed by atoms with Crippen LogP contribution in [0.2, 0.25) is 0 Å². The molecule has 2 rings (SSSR count). The van der Waals surface area contributed by atoms with Gasteiger partial charge in [-0.3, -0.25) is 4.68 Å². The molecule has 1 unspecified atom stereocenters. The zero-order valence-electron chi connectivity index (χ0n) is 10.4. The second-order valence-electron chi connectivity index (χ2n) is 3.93. The summed E-state index contributed by atoms with van der Waals surface area (Å²) in [4.78, 5) is 8.57. The SMILES string of the molecule is CCNC(c1ccnc(C)n1)c1ccn(C)n1. The monoisotopic (exact) mass is 231 g/mol.